The summed E-state index contributed by atoms with van der Waals surface area (Å²) in [5.41, 5.74) is 0.0757. The molecule has 2 aromatic rings. The molecule has 1 atom stereocenters. The molecule has 0 radical (unpaired) electrons. The zero-order chi connectivity index (χ0) is 20.7. The fraction of sp³-hybridized carbons (Fsp3) is 0.250. The third kappa shape index (κ3) is 3.77. The molecule has 0 N–H and O–H groups in total. The first kappa shape index (κ1) is 20.4. The van der Waals surface area contributed by atoms with Gasteiger partial charge in [0.05, 0.1) is 15.5 Å². The molecule has 0 amide bonds. The number of hydrogen-bond donors (Lipinski definition) is 0. The maximum atomic E-state index is 13.7. The van der Waals surface area contributed by atoms with Gasteiger partial charge in [0.25, 0.3) is 0 Å². The molecule has 0 fully saturated rings. The summed E-state index contributed by atoms with van der Waals surface area (Å²) >= 11 is 5.69. The largest absolute Gasteiger partial charge is 0.449 e. The summed E-state index contributed by atoms with van der Waals surface area (Å²) in [7, 11) is -3.36. The van der Waals surface area contributed by atoms with Crippen LogP contribution in [-0.4, -0.2) is 26.2 Å². The smallest absolute Gasteiger partial charge is 0.375 e. The van der Waals surface area contributed by atoms with Crippen LogP contribution in [0.15, 0.2) is 53.1 Å². The van der Waals surface area contributed by atoms with Gasteiger partial charge in [0.15, 0.2) is 9.84 Å². The third-order valence-electron chi connectivity index (χ3n) is 4.62. The van der Waals surface area contributed by atoms with Gasteiger partial charge < -0.3 is 9.47 Å². The zero-order valence-electron chi connectivity index (χ0n) is 15.5. The van der Waals surface area contributed by atoms with Crippen LogP contribution >= 0.6 is 11.6 Å². The molecule has 0 bridgehead atoms. The molecule has 1 heterocycles. The number of sulfone groups is 1. The monoisotopic (exact) mass is 424 g/mol. The first-order chi connectivity index (χ1) is 13.0. The summed E-state index contributed by atoms with van der Waals surface area (Å²) < 4.78 is 48.4. The average Bonchev–Trinajstić information content (AvgIpc) is 2.88. The zero-order valence-corrected chi connectivity index (χ0v) is 17.0. The number of esters is 1. The molecule has 1 unspecified atom stereocenters. The summed E-state index contributed by atoms with van der Waals surface area (Å²) in [4.78, 5) is 12.6. The van der Waals surface area contributed by atoms with Gasteiger partial charge in [0.2, 0.25) is 5.76 Å². The maximum Gasteiger partial charge on any atom is 0.375 e. The summed E-state index contributed by atoms with van der Waals surface area (Å²) in [5.74, 6) is -1.33. The van der Waals surface area contributed by atoms with Crippen molar-refractivity contribution >= 4 is 33.0 Å². The van der Waals surface area contributed by atoms with E-state index in [1.165, 1.54) is 24.3 Å². The van der Waals surface area contributed by atoms with Crippen LogP contribution < -0.4 is 4.74 Å². The van der Waals surface area contributed by atoms with Crippen LogP contribution in [-0.2, 0) is 19.4 Å². The van der Waals surface area contributed by atoms with E-state index in [0.717, 1.165) is 12.3 Å². The van der Waals surface area contributed by atoms with E-state index in [9.17, 15) is 17.6 Å². The van der Waals surface area contributed by atoms with Crippen molar-refractivity contribution in [3.63, 3.8) is 0 Å². The number of carbonyl (C=O) groups excluding carboxylic acids is 1. The first-order valence-electron chi connectivity index (χ1n) is 8.46. The van der Waals surface area contributed by atoms with Crippen LogP contribution in [0.3, 0.4) is 0 Å². The van der Waals surface area contributed by atoms with Crippen molar-refractivity contribution in [2.45, 2.75) is 30.8 Å². The van der Waals surface area contributed by atoms with Crippen molar-refractivity contribution in [2.24, 2.45) is 0 Å². The third-order valence-corrected chi connectivity index (χ3v) is 6.05. The Kier molecular flexibility index (Phi) is 5.25. The summed E-state index contributed by atoms with van der Waals surface area (Å²) in [6.07, 6.45) is 1.58. The number of ether oxygens (including phenoxy) is 2. The standard InChI is InChI=1S/C20H18ClFO5S/c1-4-20(2)17(12-5-8-14(9-6-12)28(3,24)25)18(19(23)27-20)26-13-7-10-15(21)16(22)11-13/h5-11H,4H2,1-3H3. The van der Waals surface area contributed by atoms with E-state index >= 15 is 0 Å². The lowest BCUT2D eigenvalue weighted by Crippen LogP contribution is -2.26. The number of cyclic esters (lactones) is 1. The molecule has 1 aliphatic rings. The van der Waals surface area contributed by atoms with Crippen LogP contribution in [0.25, 0.3) is 5.57 Å². The Morgan fingerprint density at radius 3 is 2.36 bits per heavy atom. The van der Waals surface area contributed by atoms with Gasteiger partial charge in [-0.05, 0) is 43.2 Å². The van der Waals surface area contributed by atoms with E-state index in [1.54, 1.807) is 19.1 Å². The van der Waals surface area contributed by atoms with Gasteiger partial charge in [-0.2, -0.15) is 0 Å². The molecular formula is C20H18ClFO5S. The Hall–Kier alpha value is -2.38. The van der Waals surface area contributed by atoms with Gasteiger partial charge in [0, 0.05) is 12.3 Å². The molecule has 8 heteroatoms. The minimum Gasteiger partial charge on any atom is -0.449 e. The minimum atomic E-state index is -3.36. The second-order valence-corrected chi connectivity index (χ2v) is 9.08. The molecule has 0 spiro atoms. The van der Waals surface area contributed by atoms with Crippen molar-refractivity contribution in [1.82, 2.24) is 0 Å². The van der Waals surface area contributed by atoms with Crippen LogP contribution in [0.4, 0.5) is 4.39 Å². The molecule has 2 aromatic carbocycles. The van der Waals surface area contributed by atoms with Gasteiger partial charge >= 0.3 is 5.97 Å². The first-order valence-corrected chi connectivity index (χ1v) is 10.7. The molecule has 0 saturated carbocycles. The van der Waals surface area contributed by atoms with Gasteiger partial charge in [-0.25, -0.2) is 17.6 Å². The molecular weight excluding hydrogens is 407 g/mol. The molecule has 5 nitrogen and oxygen atoms in total. The molecule has 28 heavy (non-hydrogen) atoms. The number of hydrogen-bond acceptors (Lipinski definition) is 5. The number of halogens is 2. The van der Waals surface area contributed by atoms with Gasteiger partial charge in [0.1, 0.15) is 17.2 Å². The second kappa shape index (κ2) is 7.22. The Labute approximate surface area is 167 Å². The molecule has 3 rings (SSSR count). The van der Waals surface area contributed by atoms with Crippen molar-refractivity contribution in [3.8, 4) is 5.75 Å². The predicted octanol–water partition coefficient (Wildman–Crippen LogP) is 4.40. The molecule has 0 aromatic heterocycles. The normalized spacial score (nSPS) is 19.7. The highest BCUT2D eigenvalue weighted by molar-refractivity contribution is 7.90. The second-order valence-electron chi connectivity index (χ2n) is 6.65. The summed E-state index contributed by atoms with van der Waals surface area (Å²) in [6.45, 7) is 3.59. The van der Waals surface area contributed by atoms with Crippen molar-refractivity contribution < 1.29 is 27.1 Å². The Morgan fingerprint density at radius 1 is 1.18 bits per heavy atom. The van der Waals surface area contributed by atoms with E-state index in [1.807, 2.05) is 6.92 Å². The highest BCUT2D eigenvalue weighted by atomic mass is 35.5. The average molecular weight is 425 g/mol. The lowest BCUT2D eigenvalue weighted by molar-refractivity contribution is -0.147. The van der Waals surface area contributed by atoms with E-state index in [4.69, 9.17) is 21.1 Å². The topological polar surface area (TPSA) is 69.7 Å². The number of benzene rings is 2. The fourth-order valence-corrected chi connectivity index (χ4v) is 3.70. The fourth-order valence-electron chi connectivity index (χ4n) is 2.95. The van der Waals surface area contributed by atoms with E-state index in [-0.39, 0.29) is 21.4 Å². The van der Waals surface area contributed by atoms with Gasteiger partial charge in [-0.1, -0.05) is 30.7 Å². The lowest BCUT2D eigenvalue weighted by atomic mass is 9.88. The highest BCUT2D eigenvalue weighted by Gasteiger charge is 2.45. The molecule has 148 valence electrons. The maximum absolute atomic E-state index is 13.7. The van der Waals surface area contributed by atoms with Gasteiger partial charge in [-0.15, -0.1) is 0 Å². The van der Waals surface area contributed by atoms with Crippen molar-refractivity contribution in [3.05, 3.63) is 64.6 Å². The van der Waals surface area contributed by atoms with E-state index in [0.29, 0.717) is 17.6 Å². The van der Waals surface area contributed by atoms with Crippen molar-refractivity contribution in [2.75, 3.05) is 6.26 Å². The van der Waals surface area contributed by atoms with Gasteiger partial charge in [-0.3, -0.25) is 0 Å². The van der Waals surface area contributed by atoms with Crippen LogP contribution in [0.2, 0.25) is 5.02 Å². The van der Waals surface area contributed by atoms with E-state index in [2.05, 4.69) is 0 Å². The quantitative estimate of drug-likeness (QED) is 0.665. The Bertz CT molecular complexity index is 1080. The predicted molar refractivity (Wildman–Crippen MR) is 103 cm³/mol. The Morgan fingerprint density at radius 2 is 1.82 bits per heavy atom. The van der Waals surface area contributed by atoms with E-state index < -0.39 is 27.2 Å². The summed E-state index contributed by atoms with van der Waals surface area (Å²) in [5, 5.41) is -0.0645. The van der Waals surface area contributed by atoms with Crippen LogP contribution in [0.1, 0.15) is 25.8 Å². The molecule has 0 aliphatic carbocycles. The number of rotatable bonds is 5. The van der Waals surface area contributed by atoms with Crippen LogP contribution in [0.5, 0.6) is 5.75 Å². The highest BCUT2D eigenvalue weighted by Crippen LogP contribution is 2.43. The SMILES string of the molecule is CCC1(C)OC(=O)C(Oc2ccc(Cl)c(F)c2)=C1c1ccc(S(C)(=O)=O)cc1. The Balaban J connectivity index is 2.12. The van der Waals surface area contributed by atoms with Crippen molar-refractivity contribution in [1.29, 1.82) is 0 Å². The minimum absolute atomic E-state index is 0.0645. The van der Waals surface area contributed by atoms with Crippen LogP contribution in [0, 0.1) is 5.82 Å². The number of carbonyl (C=O) groups is 1. The lowest BCUT2D eigenvalue weighted by Gasteiger charge is -2.24. The summed E-state index contributed by atoms with van der Waals surface area (Å²) in [6, 6.07) is 9.94. The molecule has 1 aliphatic heterocycles. The molecule has 0 saturated heterocycles.